The average Bonchev–Trinajstić information content (AvgIpc) is 2.90. The summed E-state index contributed by atoms with van der Waals surface area (Å²) in [5.41, 5.74) is 0.772. The van der Waals surface area contributed by atoms with Crippen LogP contribution in [0.15, 0.2) is 41.1 Å². The highest BCUT2D eigenvalue weighted by atomic mass is 32.2. The van der Waals surface area contributed by atoms with Crippen molar-refractivity contribution >= 4 is 21.7 Å². The summed E-state index contributed by atoms with van der Waals surface area (Å²) < 4.78 is 31.9. The topological polar surface area (TPSA) is 87.5 Å². The van der Waals surface area contributed by atoms with Crippen molar-refractivity contribution < 1.29 is 12.8 Å². The first-order chi connectivity index (χ1) is 9.47. The molecule has 0 aliphatic rings. The van der Waals surface area contributed by atoms with Crippen molar-refractivity contribution in [1.29, 1.82) is 0 Å². The molecule has 0 spiro atoms. The lowest BCUT2D eigenvalue weighted by Gasteiger charge is -2.13. The monoisotopic (exact) mass is 296 g/mol. The molecule has 2 aromatic rings. The molecule has 0 saturated carbocycles. The molecule has 2 rings (SSSR count). The fourth-order valence-electron chi connectivity index (χ4n) is 1.38. The van der Waals surface area contributed by atoms with Gasteiger partial charge in [-0.15, -0.1) is 0 Å². The van der Waals surface area contributed by atoms with Gasteiger partial charge in [0.2, 0.25) is 0 Å². The Morgan fingerprint density at radius 3 is 2.65 bits per heavy atom. The molecular weight excluding hydrogens is 280 g/mol. The summed E-state index contributed by atoms with van der Waals surface area (Å²) in [5.74, 6) is 1.07. The van der Waals surface area contributed by atoms with Crippen LogP contribution in [0.25, 0.3) is 0 Å². The van der Waals surface area contributed by atoms with Crippen molar-refractivity contribution in [1.82, 2.24) is 9.29 Å². The highest BCUT2D eigenvalue weighted by Gasteiger charge is 2.13. The number of rotatable bonds is 6. The van der Waals surface area contributed by atoms with Gasteiger partial charge >= 0.3 is 10.2 Å². The SMILES string of the molecule is CN(C)S(=O)(=O)Nc1ccc(NCc2ccco2)cn1. The Morgan fingerprint density at radius 2 is 2.10 bits per heavy atom. The molecule has 7 nitrogen and oxygen atoms in total. The van der Waals surface area contributed by atoms with Gasteiger partial charge < -0.3 is 9.73 Å². The van der Waals surface area contributed by atoms with E-state index in [1.807, 2.05) is 12.1 Å². The zero-order chi connectivity index (χ0) is 14.6. The molecule has 0 unspecified atom stereocenters. The second-order valence-corrected chi connectivity index (χ2v) is 6.14. The first-order valence-corrected chi connectivity index (χ1v) is 7.34. The van der Waals surface area contributed by atoms with Crippen molar-refractivity contribution in [3.8, 4) is 0 Å². The molecule has 108 valence electrons. The fraction of sp³-hybridized carbons (Fsp3) is 0.250. The molecule has 0 aliphatic carbocycles. The average molecular weight is 296 g/mol. The van der Waals surface area contributed by atoms with E-state index in [0.29, 0.717) is 6.54 Å². The zero-order valence-corrected chi connectivity index (χ0v) is 12.0. The number of aromatic nitrogens is 1. The summed E-state index contributed by atoms with van der Waals surface area (Å²) in [6.45, 7) is 0.539. The Balaban J connectivity index is 1.96. The molecule has 0 radical (unpaired) electrons. The van der Waals surface area contributed by atoms with Crippen molar-refractivity contribution in [2.45, 2.75) is 6.54 Å². The Morgan fingerprint density at radius 1 is 1.30 bits per heavy atom. The molecule has 8 heteroatoms. The Labute approximate surface area is 117 Å². The molecule has 0 aromatic carbocycles. The highest BCUT2D eigenvalue weighted by molar-refractivity contribution is 7.90. The van der Waals surface area contributed by atoms with Crippen LogP contribution in [-0.4, -0.2) is 31.8 Å². The number of hydrogen-bond acceptors (Lipinski definition) is 5. The molecule has 2 aromatic heterocycles. The summed E-state index contributed by atoms with van der Waals surface area (Å²) in [5, 5.41) is 3.12. The van der Waals surface area contributed by atoms with Gasteiger partial charge in [-0.3, -0.25) is 4.72 Å². The van der Waals surface area contributed by atoms with Gasteiger partial charge in [0.1, 0.15) is 11.6 Å². The minimum atomic E-state index is -3.53. The summed E-state index contributed by atoms with van der Waals surface area (Å²) in [6.07, 6.45) is 3.16. The van der Waals surface area contributed by atoms with Crippen molar-refractivity contribution in [2.24, 2.45) is 0 Å². The molecule has 0 amide bonds. The van der Waals surface area contributed by atoms with Gasteiger partial charge in [0.25, 0.3) is 0 Å². The number of furan rings is 1. The van der Waals surface area contributed by atoms with E-state index in [1.165, 1.54) is 14.1 Å². The number of pyridine rings is 1. The third-order valence-electron chi connectivity index (χ3n) is 2.52. The third kappa shape index (κ3) is 3.72. The van der Waals surface area contributed by atoms with Crippen LogP contribution < -0.4 is 10.0 Å². The molecular formula is C12H16N4O3S. The van der Waals surface area contributed by atoms with Crippen molar-refractivity contribution in [3.63, 3.8) is 0 Å². The van der Waals surface area contributed by atoms with Gasteiger partial charge in [0.05, 0.1) is 24.7 Å². The lowest BCUT2D eigenvalue weighted by Crippen LogP contribution is -2.29. The van der Waals surface area contributed by atoms with E-state index in [9.17, 15) is 8.42 Å². The van der Waals surface area contributed by atoms with Crippen LogP contribution in [-0.2, 0) is 16.8 Å². The van der Waals surface area contributed by atoms with Crippen LogP contribution in [0.2, 0.25) is 0 Å². The van der Waals surface area contributed by atoms with Gasteiger partial charge in [-0.1, -0.05) is 0 Å². The molecule has 0 bridgehead atoms. The maximum atomic E-state index is 11.6. The van der Waals surface area contributed by atoms with Gasteiger partial charge in [-0.05, 0) is 24.3 Å². The maximum absolute atomic E-state index is 11.6. The van der Waals surface area contributed by atoms with Crippen LogP contribution in [0.1, 0.15) is 5.76 Å². The first kappa shape index (κ1) is 14.4. The fourth-order valence-corrected chi connectivity index (χ4v) is 1.95. The third-order valence-corrected chi connectivity index (χ3v) is 3.95. The summed E-state index contributed by atoms with van der Waals surface area (Å²) in [7, 11) is -0.634. The molecule has 20 heavy (non-hydrogen) atoms. The van der Waals surface area contributed by atoms with Gasteiger partial charge in [0.15, 0.2) is 0 Å². The number of anilines is 2. The van der Waals surface area contributed by atoms with E-state index in [4.69, 9.17) is 4.42 Å². The van der Waals surface area contributed by atoms with Crippen LogP contribution in [0.5, 0.6) is 0 Å². The second-order valence-electron chi connectivity index (χ2n) is 4.25. The predicted octanol–water partition coefficient (Wildman–Crippen LogP) is 1.50. The minimum Gasteiger partial charge on any atom is -0.467 e. The maximum Gasteiger partial charge on any atom is 0.302 e. The van der Waals surface area contributed by atoms with Crippen LogP contribution in [0.4, 0.5) is 11.5 Å². The van der Waals surface area contributed by atoms with E-state index in [2.05, 4.69) is 15.0 Å². The van der Waals surface area contributed by atoms with Crippen LogP contribution in [0, 0.1) is 0 Å². The second kappa shape index (κ2) is 5.93. The molecule has 0 aliphatic heterocycles. The lowest BCUT2D eigenvalue weighted by atomic mass is 10.4. The highest BCUT2D eigenvalue weighted by Crippen LogP contribution is 2.13. The predicted molar refractivity (Wildman–Crippen MR) is 76.5 cm³/mol. The van der Waals surface area contributed by atoms with Gasteiger partial charge in [0, 0.05) is 14.1 Å². The summed E-state index contributed by atoms with van der Waals surface area (Å²) >= 11 is 0. The normalized spacial score (nSPS) is 11.6. The van der Waals surface area contributed by atoms with E-state index in [0.717, 1.165) is 15.8 Å². The molecule has 0 saturated heterocycles. The number of hydrogen-bond donors (Lipinski definition) is 2. The number of nitrogens with one attached hydrogen (secondary N) is 2. The Hall–Kier alpha value is -2.06. The largest absolute Gasteiger partial charge is 0.467 e. The summed E-state index contributed by atoms with van der Waals surface area (Å²) in [6, 6.07) is 7.00. The molecule has 0 fully saturated rings. The zero-order valence-electron chi connectivity index (χ0n) is 11.2. The van der Waals surface area contributed by atoms with Crippen molar-refractivity contribution in [2.75, 3.05) is 24.1 Å². The van der Waals surface area contributed by atoms with E-state index in [1.54, 1.807) is 24.6 Å². The first-order valence-electron chi connectivity index (χ1n) is 5.90. The van der Waals surface area contributed by atoms with E-state index >= 15 is 0 Å². The molecule has 0 atom stereocenters. The Kier molecular flexibility index (Phi) is 4.26. The minimum absolute atomic E-state index is 0.266. The van der Waals surface area contributed by atoms with Crippen LogP contribution in [0.3, 0.4) is 0 Å². The van der Waals surface area contributed by atoms with Crippen LogP contribution >= 0.6 is 0 Å². The van der Waals surface area contributed by atoms with E-state index in [-0.39, 0.29) is 5.82 Å². The standard InChI is InChI=1S/C12H16N4O3S/c1-16(2)20(17,18)15-12-6-5-10(8-14-12)13-9-11-4-3-7-19-11/h3-8,13H,9H2,1-2H3,(H,14,15). The quantitative estimate of drug-likeness (QED) is 0.843. The van der Waals surface area contributed by atoms with E-state index < -0.39 is 10.2 Å². The number of nitrogens with zero attached hydrogens (tertiary/aromatic N) is 2. The molecule has 2 N–H and O–H groups in total. The molecule has 2 heterocycles. The lowest BCUT2D eigenvalue weighted by molar-refractivity contribution is 0.518. The van der Waals surface area contributed by atoms with Gasteiger partial charge in [-0.25, -0.2) is 4.98 Å². The smallest absolute Gasteiger partial charge is 0.302 e. The summed E-state index contributed by atoms with van der Waals surface area (Å²) in [4.78, 5) is 4.04. The van der Waals surface area contributed by atoms with Gasteiger partial charge in [-0.2, -0.15) is 12.7 Å². The Bertz CT molecular complexity index is 636. The van der Waals surface area contributed by atoms with Crippen molar-refractivity contribution in [3.05, 3.63) is 42.5 Å².